The molecule has 0 spiro atoms. The standard InChI is InChI=1S/C12H25N3/c1-12(2)4-7-14(3)10-11(12)15-8-5-13-6-9-15/h11,13H,4-10H2,1-3H3. The number of likely N-dealkylation sites (tertiary alicyclic amines) is 1. The molecule has 0 amide bonds. The van der Waals surface area contributed by atoms with Crippen molar-refractivity contribution >= 4 is 0 Å². The minimum atomic E-state index is 0.490. The van der Waals surface area contributed by atoms with Crippen molar-refractivity contribution in [2.24, 2.45) is 5.41 Å². The number of nitrogens with zero attached hydrogens (tertiary/aromatic N) is 2. The van der Waals surface area contributed by atoms with E-state index in [1.807, 2.05) is 0 Å². The van der Waals surface area contributed by atoms with Gasteiger partial charge in [-0.1, -0.05) is 13.8 Å². The molecule has 0 bridgehead atoms. The lowest BCUT2D eigenvalue weighted by atomic mass is 9.77. The molecule has 0 saturated carbocycles. The Morgan fingerprint density at radius 3 is 2.47 bits per heavy atom. The number of hydrogen-bond acceptors (Lipinski definition) is 3. The van der Waals surface area contributed by atoms with E-state index in [0.29, 0.717) is 5.41 Å². The third kappa shape index (κ3) is 2.52. The van der Waals surface area contributed by atoms with Gasteiger partial charge in [0.2, 0.25) is 0 Å². The Labute approximate surface area is 93.8 Å². The maximum absolute atomic E-state index is 3.44. The summed E-state index contributed by atoms with van der Waals surface area (Å²) >= 11 is 0. The van der Waals surface area contributed by atoms with Gasteiger partial charge in [0.25, 0.3) is 0 Å². The van der Waals surface area contributed by atoms with E-state index in [1.165, 1.54) is 32.6 Å². The maximum Gasteiger partial charge on any atom is 0.0275 e. The lowest BCUT2D eigenvalue weighted by Crippen LogP contribution is -2.59. The van der Waals surface area contributed by atoms with Crippen molar-refractivity contribution in [2.45, 2.75) is 26.3 Å². The zero-order valence-electron chi connectivity index (χ0n) is 10.4. The lowest BCUT2D eigenvalue weighted by molar-refractivity contribution is 0.00970. The molecule has 0 aromatic rings. The summed E-state index contributed by atoms with van der Waals surface area (Å²) in [4.78, 5) is 5.17. The summed E-state index contributed by atoms with van der Waals surface area (Å²) in [5.74, 6) is 0. The van der Waals surface area contributed by atoms with Crippen LogP contribution in [0.3, 0.4) is 0 Å². The SMILES string of the molecule is CN1CCC(C)(C)C(N2CCNCC2)C1. The smallest absolute Gasteiger partial charge is 0.0275 e. The van der Waals surface area contributed by atoms with Crippen LogP contribution >= 0.6 is 0 Å². The minimum Gasteiger partial charge on any atom is -0.314 e. The van der Waals surface area contributed by atoms with Crippen molar-refractivity contribution in [3.63, 3.8) is 0 Å². The van der Waals surface area contributed by atoms with Crippen molar-refractivity contribution in [1.29, 1.82) is 0 Å². The molecule has 0 aromatic carbocycles. The molecule has 2 aliphatic heterocycles. The fraction of sp³-hybridized carbons (Fsp3) is 1.00. The van der Waals surface area contributed by atoms with Gasteiger partial charge < -0.3 is 10.2 Å². The van der Waals surface area contributed by atoms with Crippen LogP contribution in [0.4, 0.5) is 0 Å². The number of piperazine rings is 1. The number of piperidine rings is 1. The largest absolute Gasteiger partial charge is 0.314 e. The van der Waals surface area contributed by atoms with Crippen molar-refractivity contribution in [3.05, 3.63) is 0 Å². The molecule has 1 atom stereocenters. The van der Waals surface area contributed by atoms with E-state index in [2.05, 4.69) is 36.0 Å². The highest BCUT2D eigenvalue weighted by molar-refractivity contribution is 4.93. The Hall–Kier alpha value is -0.120. The molecule has 88 valence electrons. The molecule has 3 nitrogen and oxygen atoms in total. The molecule has 15 heavy (non-hydrogen) atoms. The molecule has 1 N–H and O–H groups in total. The van der Waals surface area contributed by atoms with Gasteiger partial charge in [0.15, 0.2) is 0 Å². The first-order valence-corrected chi connectivity index (χ1v) is 6.23. The summed E-state index contributed by atoms with van der Waals surface area (Å²) < 4.78 is 0. The van der Waals surface area contributed by atoms with Gasteiger partial charge in [-0.05, 0) is 25.4 Å². The Morgan fingerprint density at radius 1 is 1.13 bits per heavy atom. The molecule has 0 radical (unpaired) electrons. The second-order valence-corrected chi connectivity index (χ2v) is 5.80. The fourth-order valence-electron chi connectivity index (χ4n) is 2.88. The van der Waals surface area contributed by atoms with Crippen LogP contribution in [0.1, 0.15) is 20.3 Å². The molecule has 2 saturated heterocycles. The van der Waals surface area contributed by atoms with Crippen LogP contribution in [0.5, 0.6) is 0 Å². The van der Waals surface area contributed by atoms with Crippen molar-refractivity contribution in [1.82, 2.24) is 15.1 Å². The van der Waals surface area contributed by atoms with E-state index in [0.717, 1.165) is 19.1 Å². The van der Waals surface area contributed by atoms with E-state index in [9.17, 15) is 0 Å². The van der Waals surface area contributed by atoms with Gasteiger partial charge in [0.1, 0.15) is 0 Å². The van der Waals surface area contributed by atoms with Crippen LogP contribution in [0.2, 0.25) is 0 Å². The summed E-state index contributed by atoms with van der Waals surface area (Å²) in [5.41, 5.74) is 0.490. The third-order valence-electron chi connectivity index (χ3n) is 4.12. The lowest BCUT2D eigenvalue weighted by Gasteiger charge is -2.49. The zero-order valence-corrected chi connectivity index (χ0v) is 10.4. The number of rotatable bonds is 1. The topological polar surface area (TPSA) is 18.5 Å². The van der Waals surface area contributed by atoms with E-state index >= 15 is 0 Å². The molecule has 2 heterocycles. The van der Waals surface area contributed by atoms with Crippen molar-refractivity contribution in [2.75, 3.05) is 46.3 Å². The first-order chi connectivity index (χ1) is 7.09. The van der Waals surface area contributed by atoms with Gasteiger partial charge in [0.05, 0.1) is 0 Å². The van der Waals surface area contributed by atoms with Crippen LogP contribution in [0.25, 0.3) is 0 Å². The minimum absolute atomic E-state index is 0.490. The number of likely N-dealkylation sites (N-methyl/N-ethyl adjacent to an activating group) is 1. The normalized spacial score (nSPS) is 34.2. The molecule has 2 fully saturated rings. The van der Waals surface area contributed by atoms with E-state index in [-0.39, 0.29) is 0 Å². The molecular formula is C12H25N3. The summed E-state index contributed by atoms with van der Waals surface area (Å²) in [6.07, 6.45) is 1.33. The molecule has 2 rings (SSSR count). The predicted octanol–water partition coefficient (Wildman–Crippen LogP) is 0.622. The van der Waals surface area contributed by atoms with Gasteiger partial charge in [0, 0.05) is 38.8 Å². The second-order valence-electron chi connectivity index (χ2n) is 5.80. The highest BCUT2D eigenvalue weighted by Gasteiger charge is 2.38. The molecule has 2 aliphatic rings. The molecule has 1 unspecified atom stereocenters. The Balaban J connectivity index is 2.02. The number of nitrogens with one attached hydrogen (secondary N) is 1. The highest BCUT2D eigenvalue weighted by Crippen LogP contribution is 2.33. The quantitative estimate of drug-likeness (QED) is 0.686. The first-order valence-electron chi connectivity index (χ1n) is 6.23. The summed E-state index contributed by atoms with van der Waals surface area (Å²) in [7, 11) is 2.25. The summed E-state index contributed by atoms with van der Waals surface area (Å²) in [6, 6.07) is 0.748. The van der Waals surface area contributed by atoms with Crippen LogP contribution in [-0.2, 0) is 0 Å². The zero-order chi connectivity index (χ0) is 10.9. The van der Waals surface area contributed by atoms with Crippen LogP contribution in [-0.4, -0.2) is 62.2 Å². The van der Waals surface area contributed by atoms with Gasteiger partial charge in [-0.2, -0.15) is 0 Å². The van der Waals surface area contributed by atoms with E-state index in [4.69, 9.17) is 0 Å². The molecular weight excluding hydrogens is 186 g/mol. The van der Waals surface area contributed by atoms with E-state index < -0.39 is 0 Å². The Kier molecular flexibility index (Phi) is 3.33. The van der Waals surface area contributed by atoms with Gasteiger partial charge in [-0.25, -0.2) is 0 Å². The maximum atomic E-state index is 3.44. The van der Waals surface area contributed by atoms with Gasteiger partial charge in [-0.3, -0.25) is 4.90 Å². The Bertz CT molecular complexity index is 209. The van der Waals surface area contributed by atoms with Crippen molar-refractivity contribution in [3.8, 4) is 0 Å². The Morgan fingerprint density at radius 2 is 1.80 bits per heavy atom. The predicted molar refractivity (Wildman–Crippen MR) is 64.1 cm³/mol. The van der Waals surface area contributed by atoms with Gasteiger partial charge >= 0.3 is 0 Å². The molecule has 3 heteroatoms. The van der Waals surface area contributed by atoms with Crippen LogP contribution in [0, 0.1) is 5.41 Å². The second kappa shape index (κ2) is 4.40. The summed E-state index contributed by atoms with van der Waals surface area (Å²) in [5, 5.41) is 3.44. The first kappa shape index (κ1) is 11.4. The summed E-state index contributed by atoms with van der Waals surface area (Å²) in [6.45, 7) is 12.2. The average molecular weight is 211 g/mol. The van der Waals surface area contributed by atoms with Gasteiger partial charge in [-0.15, -0.1) is 0 Å². The van der Waals surface area contributed by atoms with Crippen LogP contribution < -0.4 is 5.32 Å². The molecule has 0 aromatic heterocycles. The number of hydrogen-bond donors (Lipinski definition) is 1. The van der Waals surface area contributed by atoms with E-state index in [1.54, 1.807) is 0 Å². The third-order valence-corrected chi connectivity index (χ3v) is 4.12. The highest BCUT2D eigenvalue weighted by atomic mass is 15.3. The average Bonchev–Trinajstić information content (AvgIpc) is 2.23. The monoisotopic (exact) mass is 211 g/mol. The van der Waals surface area contributed by atoms with Crippen molar-refractivity contribution < 1.29 is 0 Å². The molecule has 0 aliphatic carbocycles. The fourth-order valence-corrected chi connectivity index (χ4v) is 2.88. The van der Waals surface area contributed by atoms with Crippen LogP contribution in [0.15, 0.2) is 0 Å².